The number of fused-ring (bicyclic) bond motifs is 1. The first-order chi connectivity index (χ1) is 15.6. The number of anilines is 2. The summed E-state index contributed by atoms with van der Waals surface area (Å²) in [7, 11) is 0. The average molecular weight is 456 g/mol. The number of carbonyl (C=O) groups is 1. The molecule has 2 aromatic rings. The first-order valence-electron chi connectivity index (χ1n) is 12.3. The topological polar surface area (TPSA) is 53.2 Å². The Balaban J connectivity index is 1.56. The number of rotatable bonds is 5. The summed E-state index contributed by atoms with van der Waals surface area (Å²) in [6.07, 6.45) is 11.5. The van der Waals surface area contributed by atoms with Crippen LogP contribution in [0.4, 0.5) is 15.8 Å². The van der Waals surface area contributed by atoms with Crippen molar-refractivity contribution < 1.29 is 9.18 Å². The smallest absolute Gasteiger partial charge is 0.228 e. The molecule has 2 heterocycles. The molecule has 2 atom stereocenters. The SMILES string of the molecule is Cc1ccsc1C1(C(C(=O)NC2CCCCC2)C2CCCCC2)Nc2ccc(F)cc2N1. The molecule has 4 nitrogen and oxygen atoms in total. The number of hydrogen-bond donors (Lipinski definition) is 3. The van der Waals surface area contributed by atoms with Crippen molar-refractivity contribution >= 4 is 28.6 Å². The standard InChI is InChI=1S/C26H34FN3OS/c1-17-14-15-32-24(17)26(29-21-13-12-19(27)16-22(21)30-26)23(18-8-4-2-5-9-18)25(31)28-20-10-6-3-7-11-20/h12-16,18,20,23,29-30H,2-11H2,1H3,(H,28,31). The van der Waals surface area contributed by atoms with Crippen molar-refractivity contribution in [2.24, 2.45) is 11.8 Å². The number of halogens is 1. The molecule has 1 aromatic carbocycles. The number of nitrogens with one attached hydrogen (secondary N) is 3. The van der Waals surface area contributed by atoms with Gasteiger partial charge in [-0.1, -0.05) is 38.5 Å². The minimum absolute atomic E-state index is 0.143. The molecule has 1 aliphatic heterocycles. The lowest BCUT2D eigenvalue weighted by Gasteiger charge is -2.43. The second kappa shape index (κ2) is 9.05. The molecular weight excluding hydrogens is 421 g/mol. The Morgan fingerprint density at radius 1 is 1.03 bits per heavy atom. The van der Waals surface area contributed by atoms with E-state index in [1.165, 1.54) is 44.6 Å². The highest BCUT2D eigenvalue weighted by atomic mass is 32.1. The molecule has 32 heavy (non-hydrogen) atoms. The summed E-state index contributed by atoms with van der Waals surface area (Å²) in [6.45, 7) is 2.11. The lowest BCUT2D eigenvalue weighted by Crippen LogP contribution is -2.56. The lowest BCUT2D eigenvalue weighted by atomic mass is 9.72. The van der Waals surface area contributed by atoms with Crippen LogP contribution in [0.5, 0.6) is 0 Å². The van der Waals surface area contributed by atoms with Crippen LogP contribution in [0.1, 0.15) is 74.6 Å². The van der Waals surface area contributed by atoms with Gasteiger partial charge in [0.1, 0.15) is 5.82 Å². The van der Waals surface area contributed by atoms with Gasteiger partial charge in [0, 0.05) is 6.04 Å². The summed E-state index contributed by atoms with van der Waals surface area (Å²) in [4.78, 5) is 15.2. The monoisotopic (exact) mass is 455 g/mol. The van der Waals surface area contributed by atoms with Crippen molar-refractivity contribution in [1.29, 1.82) is 0 Å². The van der Waals surface area contributed by atoms with Gasteiger partial charge in [-0.25, -0.2) is 4.39 Å². The van der Waals surface area contributed by atoms with E-state index in [1.54, 1.807) is 23.5 Å². The van der Waals surface area contributed by atoms with E-state index in [2.05, 4.69) is 34.3 Å². The third-order valence-electron chi connectivity index (χ3n) is 7.69. The van der Waals surface area contributed by atoms with Gasteiger partial charge in [0.2, 0.25) is 5.91 Å². The summed E-state index contributed by atoms with van der Waals surface area (Å²) in [6, 6.07) is 7.21. The van der Waals surface area contributed by atoms with E-state index in [0.717, 1.165) is 47.5 Å². The van der Waals surface area contributed by atoms with E-state index in [4.69, 9.17) is 0 Å². The van der Waals surface area contributed by atoms with Crippen LogP contribution in [0.15, 0.2) is 29.6 Å². The zero-order valence-electron chi connectivity index (χ0n) is 18.9. The van der Waals surface area contributed by atoms with Crippen LogP contribution >= 0.6 is 11.3 Å². The van der Waals surface area contributed by atoms with E-state index >= 15 is 0 Å². The van der Waals surface area contributed by atoms with Crippen LogP contribution in [0.2, 0.25) is 0 Å². The van der Waals surface area contributed by atoms with Gasteiger partial charge in [-0.15, -0.1) is 11.3 Å². The highest BCUT2D eigenvalue weighted by Gasteiger charge is 2.53. The fourth-order valence-corrected chi connectivity index (χ4v) is 7.22. The summed E-state index contributed by atoms with van der Waals surface area (Å²) in [5.74, 6) is -0.104. The van der Waals surface area contributed by atoms with Crippen LogP contribution in [0, 0.1) is 24.6 Å². The fraction of sp³-hybridized carbons (Fsp3) is 0.577. The minimum atomic E-state index is -0.755. The normalized spacial score (nSPS) is 24.9. The molecule has 1 aromatic heterocycles. The lowest BCUT2D eigenvalue weighted by molar-refractivity contribution is -0.130. The third kappa shape index (κ3) is 4.02. The first-order valence-corrected chi connectivity index (χ1v) is 13.2. The Hall–Kier alpha value is -2.08. The molecule has 1 amide bonds. The highest BCUT2D eigenvalue weighted by molar-refractivity contribution is 7.10. The summed E-state index contributed by atoms with van der Waals surface area (Å²) in [5, 5.41) is 12.9. The summed E-state index contributed by atoms with van der Waals surface area (Å²) in [5.41, 5.74) is 2.01. The largest absolute Gasteiger partial charge is 0.356 e. The number of aryl methyl sites for hydroxylation is 1. The fourth-order valence-electron chi connectivity index (χ4n) is 6.14. The molecule has 0 spiro atoms. The molecule has 0 radical (unpaired) electrons. The molecule has 5 rings (SSSR count). The highest BCUT2D eigenvalue weighted by Crippen LogP contribution is 2.51. The molecule has 0 saturated heterocycles. The van der Waals surface area contributed by atoms with Crippen molar-refractivity contribution in [1.82, 2.24) is 5.32 Å². The van der Waals surface area contributed by atoms with Crippen LogP contribution < -0.4 is 16.0 Å². The molecule has 6 heteroatoms. The Kier molecular flexibility index (Phi) is 6.15. The number of carbonyl (C=O) groups excluding carboxylic acids is 1. The van der Waals surface area contributed by atoms with Crippen LogP contribution in [0.25, 0.3) is 0 Å². The van der Waals surface area contributed by atoms with Gasteiger partial charge in [-0.3, -0.25) is 4.79 Å². The van der Waals surface area contributed by atoms with Crippen LogP contribution in [-0.4, -0.2) is 11.9 Å². The number of thiophene rings is 1. The molecule has 2 unspecified atom stereocenters. The molecule has 0 bridgehead atoms. The number of benzene rings is 1. The Morgan fingerprint density at radius 2 is 1.72 bits per heavy atom. The second-order valence-electron chi connectivity index (χ2n) is 9.90. The number of amides is 1. The maximum Gasteiger partial charge on any atom is 0.228 e. The van der Waals surface area contributed by atoms with Crippen molar-refractivity contribution in [2.75, 3.05) is 10.6 Å². The van der Waals surface area contributed by atoms with E-state index in [0.29, 0.717) is 0 Å². The predicted molar refractivity (Wildman–Crippen MR) is 129 cm³/mol. The van der Waals surface area contributed by atoms with Crippen LogP contribution in [0.3, 0.4) is 0 Å². The molecule has 2 saturated carbocycles. The quantitative estimate of drug-likeness (QED) is 0.480. The summed E-state index contributed by atoms with van der Waals surface area (Å²) < 4.78 is 14.1. The van der Waals surface area contributed by atoms with E-state index in [9.17, 15) is 9.18 Å². The van der Waals surface area contributed by atoms with Crippen molar-refractivity contribution in [2.45, 2.75) is 82.8 Å². The van der Waals surface area contributed by atoms with Crippen molar-refractivity contribution in [3.8, 4) is 0 Å². The molecule has 2 fully saturated rings. The van der Waals surface area contributed by atoms with Gasteiger partial charge >= 0.3 is 0 Å². The first kappa shape index (κ1) is 21.7. The van der Waals surface area contributed by atoms with Gasteiger partial charge in [-0.2, -0.15) is 0 Å². The van der Waals surface area contributed by atoms with Gasteiger partial charge in [0.25, 0.3) is 0 Å². The molecule has 3 aliphatic rings. The molecule has 172 valence electrons. The molecule has 3 N–H and O–H groups in total. The Morgan fingerprint density at radius 3 is 2.41 bits per heavy atom. The van der Waals surface area contributed by atoms with Gasteiger partial charge in [-0.05, 0) is 73.7 Å². The predicted octanol–water partition coefficient (Wildman–Crippen LogP) is 6.53. The van der Waals surface area contributed by atoms with E-state index in [-0.39, 0.29) is 29.6 Å². The van der Waals surface area contributed by atoms with Crippen molar-refractivity contribution in [3.63, 3.8) is 0 Å². The summed E-state index contributed by atoms with van der Waals surface area (Å²) >= 11 is 1.68. The van der Waals surface area contributed by atoms with Gasteiger partial charge in [0.15, 0.2) is 5.66 Å². The molecule has 2 aliphatic carbocycles. The third-order valence-corrected chi connectivity index (χ3v) is 8.84. The Bertz CT molecular complexity index is 964. The minimum Gasteiger partial charge on any atom is -0.356 e. The van der Waals surface area contributed by atoms with Crippen LogP contribution in [-0.2, 0) is 10.5 Å². The van der Waals surface area contributed by atoms with Crippen molar-refractivity contribution in [3.05, 3.63) is 45.9 Å². The molecular formula is C26H34FN3OS. The number of hydrogen-bond acceptors (Lipinski definition) is 4. The zero-order valence-corrected chi connectivity index (χ0v) is 19.7. The van der Waals surface area contributed by atoms with Gasteiger partial charge in [0.05, 0.1) is 22.2 Å². The van der Waals surface area contributed by atoms with E-state index < -0.39 is 5.66 Å². The maximum absolute atomic E-state index is 14.1. The average Bonchev–Trinajstić information content (AvgIpc) is 3.39. The Labute approximate surface area is 194 Å². The second-order valence-corrected chi connectivity index (χ2v) is 10.8. The van der Waals surface area contributed by atoms with E-state index in [1.807, 2.05) is 0 Å². The van der Waals surface area contributed by atoms with Gasteiger partial charge < -0.3 is 16.0 Å². The zero-order chi connectivity index (χ0) is 22.1. The maximum atomic E-state index is 14.1.